The number of likely N-dealkylation sites (tertiary alicyclic amines) is 1. The van der Waals surface area contributed by atoms with Gasteiger partial charge in [0.15, 0.2) is 11.3 Å². The van der Waals surface area contributed by atoms with Gasteiger partial charge in [0.05, 0.1) is 24.2 Å². The van der Waals surface area contributed by atoms with E-state index in [1.165, 1.54) is 4.90 Å². The van der Waals surface area contributed by atoms with E-state index in [1.54, 1.807) is 11.5 Å². The number of nitriles is 1. The standard InChI is InChI=1S/C33H36N8O4/c1-20(2)25-11-5-8-22-9-6-12-26(27(22)25)41-21(3)35-28-29(31(41)42)36-32(45-19-24-10-7-15-38(24)4)37-30(28)39-16-17-40(33(43)44)23(18-39)13-14-34/h5-6,8-9,11-12,23-24H,1,7,10,13,15-19H2,2-4H3,(H,43,44)/t23-,24-/m0/s1. The smallest absolute Gasteiger partial charge is 0.407 e. The number of amides is 1. The number of carbonyl (C=O) groups is 1. The number of aryl methyl sites for hydroxylation is 1. The fraction of sp³-hybridized carbons (Fsp3) is 0.394. The van der Waals surface area contributed by atoms with E-state index in [4.69, 9.17) is 14.7 Å². The predicted molar refractivity (Wildman–Crippen MR) is 172 cm³/mol. The third-order valence-corrected chi connectivity index (χ3v) is 8.86. The minimum Gasteiger partial charge on any atom is -0.465 e. The molecule has 2 aliphatic heterocycles. The van der Waals surface area contributed by atoms with Crippen molar-refractivity contribution in [1.29, 1.82) is 5.26 Å². The van der Waals surface area contributed by atoms with Crippen LogP contribution in [0.25, 0.3) is 33.1 Å². The van der Waals surface area contributed by atoms with Crippen molar-refractivity contribution in [3.05, 3.63) is 64.7 Å². The fourth-order valence-electron chi connectivity index (χ4n) is 6.51. The molecule has 0 bridgehead atoms. The van der Waals surface area contributed by atoms with Gasteiger partial charge in [-0.25, -0.2) is 9.78 Å². The summed E-state index contributed by atoms with van der Waals surface area (Å²) < 4.78 is 7.72. The minimum atomic E-state index is -1.08. The summed E-state index contributed by atoms with van der Waals surface area (Å²) in [5.41, 5.74) is 2.51. The van der Waals surface area contributed by atoms with Crippen molar-refractivity contribution in [2.24, 2.45) is 0 Å². The topological polar surface area (TPSA) is 141 Å². The number of fused-ring (bicyclic) bond motifs is 2. The van der Waals surface area contributed by atoms with Crippen molar-refractivity contribution in [2.45, 2.75) is 45.2 Å². The first-order valence-electron chi connectivity index (χ1n) is 15.1. The van der Waals surface area contributed by atoms with Crippen LogP contribution in [0.3, 0.4) is 0 Å². The molecule has 2 fully saturated rings. The summed E-state index contributed by atoms with van der Waals surface area (Å²) in [5.74, 6) is 0.830. The number of nitrogens with zero attached hydrogens (tertiary/aromatic N) is 8. The molecule has 4 heterocycles. The number of rotatable bonds is 7. The molecule has 0 spiro atoms. The number of hydrogen-bond acceptors (Lipinski definition) is 9. The molecule has 1 N–H and O–H groups in total. The average molecular weight is 609 g/mol. The van der Waals surface area contributed by atoms with Gasteiger partial charge in [0, 0.05) is 31.1 Å². The lowest BCUT2D eigenvalue weighted by molar-refractivity contribution is 0.119. The molecule has 2 aliphatic rings. The average Bonchev–Trinajstić information content (AvgIpc) is 3.44. The van der Waals surface area contributed by atoms with Crippen LogP contribution in [0.2, 0.25) is 0 Å². The first-order valence-corrected chi connectivity index (χ1v) is 15.1. The molecular weight excluding hydrogens is 572 g/mol. The van der Waals surface area contributed by atoms with Crippen LogP contribution in [0.5, 0.6) is 6.01 Å². The second-order valence-corrected chi connectivity index (χ2v) is 11.8. The maximum atomic E-state index is 14.5. The van der Waals surface area contributed by atoms with Crippen LogP contribution >= 0.6 is 0 Å². The van der Waals surface area contributed by atoms with E-state index in [0.29, 0.717) is 36.0 Å². The van der Waals surface area contributed by atoms with Gasteiger partial charge in [-0.05, 0) is 57.3 Å². The molecule has 2 aromatic heterocycles. The number of likely N-dealkylation sites (N-methyl/N-ethyl adjacent to an activating group) is 1. The van der Waals surface area contributed by atoms with E-state index < -0.39 is 12.1 Å². The zero-order valence-corrected chi connectivity index (χ0v) is 25.7. The first-order chi connectivity index (χ1) is 21.7. The van der Waals surface area contributed by atoms with Gasteiger partial charge in [-0.3, -0.25) is 9.36 Å². The molecule has 45 heavy (non-hydrogen) atoms. The van der Waals surface area contributed by atoms with Crippen LogP contribution in [0, 0.1) is 18.3 Å². The molecule has 1 amide bonds. The number of aromatic nitrogens is 4. The molecule has 2 aromatic carbocycles. The van der Waals surface area contributed by atoms with Crippen molar-refractivity contribution < 1.29 is 14.6 Å². The predicted octanol–water partition coefficient (Wildman–Crippen LogP) is 4.23. The largest absolute Gasteiger partial charge is 0.465 e. The Kier molecular flexibility index (Phi) is 8.12. The van der Waals surface area contributed by atoms with E-state index in [1.807, 2.05) is 48.2 Å². The van der Waals surface area contributed by atoms with E-state index >= 15 is 0 Å². The van der Waals surface area contributed by atoms with Gasteiger partial charge in [0.25, 0.3) is 5.56 Å². The highest BCUT2D eigenvalue weighted by atomic mass is 16.5. The molecule has 4 aromatic rings. The zero-order valence-electron chi connectivity index (χ0n) is 25.7. The van der Waals surface area contributed by atoms with Crippen LogP contribution in [-0.4, -0.2) is 92.4 Å². The summed E-state index contributed by atoms with van der Waals surface area (Å²) in [6, 6.07) is 13.6. The van der Waals surface area contributed by atoms with E-state index in [-0.39, 0.29) is 42.6 Å². The van der Waals surface area contributed by atoms with Crippen molar-refractivity contribution in [1.82, 2.24) is 29.3 Å². The maximum absolute atomic E-state index is 14.5. The number of anilines is 1. The SMILES string of the molecule is C=C(C)c1cccc2cccc(-n3c(C)nc4c(N5CCN(C(=O)O)[C@@H](CC#N)C5)nc(OC[C@@H]5CCCN5C)nc4c3=O)c12. The Hall–Kier alpha value is -5.02. The monoisotopic (exact) mass is 608 g/mol. The molecule has 0 aliphatic carbocycles. The van der Waals surface area contributed by atoms with Gasteiger partial charge in [-0.15, -0.1) is 0 Å². The third-order valence-electron chi connectivity index (χ3n) is 8.86. The molecule has 0 unspecified atom stereocenters. The van der Waals surface area contributed by atoms with Crippen LogP contribution in [0.15, 0.2) is 47.8 Å². The highest BCUT2D eigenvalue weighted by molar-refractivity contribution is 5.99. The van der Waals surface area contributed by atoms with Crippen molar-refractivity contribution in [3.63, 3.8) is 0 Å². The Morgan fingerprint density at radius 1 is 1.11 bits per heavy atom. The minimum absolute atomic E-state index is 0.0224. The second-order valence-electron chi connectivity index (χ2n) is 11.8. The van der Waals surface area contributed by atoms with Gasteiger partial charge in [-0.1, -0.05) is 42.5 Å². The van der Waals surface area contributed by atoms with Crippen molar-refractivity contribution >= 4 is 39.3 Å². The third kappa shape index (κ3) is 5.55. The Labute approximate surface area is 260 Å². The fourth-order valence-corrected chi connectivity index (χ4v) is 6.51. The van der Waals surface area contributed by atoms with Gasteiger partial charge >= 0.3 is 12.1 Å². The van der Waals surface area contributed by atoms with Crippen molar-refractivity contribution in [3.8, 4) is 17.8 Å². The molecule has 2 saturated heterocycles. The molecule has 6 rings (SSSR count). The number of hydrogen-bond donors (Lipinski definition) is 1. The first kappa shape index (κ1) is 30.0. The molecule has 12 heteroatoms. The van der Waals surface area contributed by atoms with Gasteiger partial charge in [-0.2, -0.15) is 15.2 Å². The highest BCUT2D eigenvalue weighted by Crippen LogP contribution is 2.32. The lowest BCUT2D eigenvalue weighted by Gasteiger charge is -2.39. The quantitative estimate of drug-likeness (QED) is 0.324. The Balaban J connectivity index is 1.53. The molecule has 2 atom stereocenters. The van der Waals surface area contributed by atoms with Crippen LogP contribution in [0.4, 0.5) is 10.6 Å². The number of ether oxygens (including phenoxy) is 1. The Bertz CT molecular complexity index is 1910. The van der Waals surface area contributed by atoms with E-state index in [0.717, 1.165) is 41.3 Å². The van der Waals surface area contributed by atoms with Gasteiger partial charge in [0.1, 0.15) is 17.9 Å². The van der Waals surface area contributed by atoms with Crippen LogP contribution < -0.4 is 15.2 Å². The summed E-state index contributed by atoms with van der Waals surface area (Å²) in [6.07, 6.45) is 1.01. The summed E-state index contributed by atoms with van der Waals surface area (Å²) >= 11 is 0. The van der Waals surface area contributed by atoms with E-state index in [2.05, 4.69) is 29.6 Å². The number of allylic oxidation sites excluding steroid dienone is 1. The number of carboxylic acid groups (broad SMARTS) is 1. The summed E-state index contributed by atoms with van der Waals surface area (Å²) in [6.45, 7) is 9.92. The zero-order chi connectivity index (χ0) is 31.8. The molecule has 0 radical (unpaired) electrons. The number of benzene rings is 2. The van der Waals surface area contributed by atoms with Gasteiger partial charge in [0.2, 0.25) is 0 Å². The maximum Gasteiger partial charge on any atom is 0.407 e. The van der Waals surface area contributed by atoms with Crippen LogP contribution in [-0.2, 0) is 0 Å². The molecule has 12 nitrogen and oxygen atoms in total. The Morgan fingerprint density at radius 3 is 2.58 bits per heavy atom. The van der Waals surface area contributed by atoms with Gasteiger partial charge < -0.3 is 24.5 Å². The Morgan fingerprint density at radius 2 is 1.89 bits per heavy atom. The molecular formula is C33H36N8O4. The second kappa shape index (κ2) is 12.2. The normalized spacial score (nSPS) is 18.8. The van der Waals surface area contributed by atoms with E-state index in [9.17, 15) is 20.0 Å². The van der Waals surface area contributed by atoms with Crippen LogP contribution in [0.1, 0.15) is 37.6 Å². The lowest BCUT2D eigenvalue weighted by atomic mass is 9.98. The summed E-state index contributed by atoms with van der Waals surface area (Å²) in [7, 11) is 2.06. The molecule has 232 valence electrons. The number of piperazine rings is 1. The molecule has 0 saturated carbocycles. The van der Waals surface area contributed by atoms with Crippen molar-refractivity contribution in [2.75, 3.05) is 44.7 Å². The summed E-state index contributed by atoms with van der Waals surface area (Å²) in [5, 5.41) is 21.0. The highest BCUT2D eigenvalue weighted by Gasteiger charge is 2.33. The summed E-state index contributed by atoms with van der Waals surface area (Å²) in [4.78, 5) is 46.1. The lowest BCUT2D eigenvalue weighted by Crippen LogP contribution is -2.55.